The minimum Gasteiger partial charge on any atom is -0.424 e. The van der Waals surface area contributed by atoms with Gasteiger partial charge in [0, 0.05) is 63.5 Å². The summed E-state index contributed by atoms with van der Waals surface area (Å²) < 4.78 is 16.1. The predicted octanol–water partition coefficient (Wildman–Crippen LogP) is 2.69. The summed E-state index contributed by atoms with van der Waals surface area (Å²) >= 11 is 6.67. The molecule has 10 heteroatoms. The average molecular weight is 538 g/mol. The summed E-state index contributed by atoms with van der Waals surface area (Å²) in [6.45, 7) is 4.25. The molecule has 1 aliphatic heterocycles. The summed E-state index contributed by atoms with van der Waals surface area (Å²) in [6.07, 6.45) is 9.72. The molecule has 4 rings (SSSR count). The second kappa shape index (κ2) is 15.3. The number of hydrogen-bond donors (Lipinski definition) is 4. The van der Waals surface area contributed by atoms with Gasteiger partial charge in [-0.3, -0.25) is 4.79 Å². The topological polar surface area (TPSA) is 106 Å². The zero-order valence-electron chi connectivity index (χ0n) is 22.2. The van der Waals surface area contributed by atoms with E-state index in [-0.39, 0.29) is 19.0 Å². The average Bonchev–Trinajstić information content (AvgIpc) is 2.91. The van der Waals surface area contributed by atoms with Crippen molar-refractivity contribution in [3.8, 4) is 5.75 Å². The number of esters is 1. The van der Waals surface area contributed by atoms with Crippen LogP contribution in [0.5, 0.6) is 5.75 Å². The highest BCUT2D eigenvalue weighted by molar-refractivity contribution is 6.31. The number of carbonyl (C=O) groups is 1. The number of fused-ring (bicyclic) bond motifs is 4. The van der Waals surface area contributed by atoms with E-state index >= 15 is 0 Å². The summed E-state index contributed by atoms with van der Waals surface area (Å²) in [5.41, 5.74) is 1.51. The van der Waals surface area contributed by atoms with E-state index in [2.05, 4.69) is 21.3 Å². The zero-order chi connectivity index (χ0) is 25.9. The van der Waals surface area contributed by atoms with Crippen LogP contribution in [0.25, 0.3) is 0 Å². The van der Waals surface area contributed by atoms with E-state index in [9.17, 15) is 4.79 Å². The van der Waals surface area contributed by atoms with Crippen LogP contribution in [0.3, 0.4) is 0 Å². The van der Waals surface area contributed by atoms with Crippen molar-refractivity contribution in [3.63, 3.8) is 0 Å². The molecule has 208 valence electrons. The standard InChI is InChI=1S/C27H44ClN5O4/c1-35-14-15-36-13-10-27(34)37-26-16-19(28)24-17-31-22-8-4-2-6-20(22)29-11-12-30-21-7-3-5-9-23(21)32-18-25(26)33-24/h16,20-23,29-32H,2-15,17-18H2,1H3/t20-,21-,22-,23-/m1/s1. The number of rotatable bonds is 7. The Kier molecular flexibility index (Phi) is 11.9. The van der Waals surface area contributed by atoms with Crippen LogP contribution < -0.4 is 26.0 Å². The van der Waals surface area contributed by atoms with E-state index in [1.54, 1.807) is 13.2 Å². The van der Waals surface area contributed by atoms with E-state index in [1.165, 1.54) is 32.1 Å². The van der Waals surface area contributed by atoms with Crippen LogP contribution in [0.2, 0.25) is 5.02 Å². The number of carbonyl (C=O) groups excluding carboxylic acids is 1. The number of aromatic nitrogens is 1. The Bertz CT molecular complexity index is 860. The van der Waals surface area contributed by atoms with Gasteiger partial charge in [0.25, 0.3) is 0 Å². The number of nitrogens with zero attached hydrogens (tertiary/aromatic N) is 1. The Labute approximate surface area is 226 Å². The molecule has 0 amide bonds. The first-order valence-electron chi connectivity index (χ1n) is 14.0. The molecule has 2 aliphatic carbocycles. The maximum absolute atomic E-state index is 12.6. The lowest BCUT2D eigenvalue weighted by Crippen LogP contribution is -2.53. The third kappa shape index (κ3) is 8.85. The van der Waals surface area contributed by atoms with Crippen LogP contribution in [0, 0.1) is 0 Å². The Morgan fingerprint density at radius 3 is 2.03 bits per heavy atom. The van der Waals surface area contributed by atoms with Gasteiger partial charge >= 0.3 is 5.97 Å². The highest BCUT2D eigenvalue weighted by Crippen LogP contribution is 2.27. The molecule has 9 nitrogen and oxygen atoms in total. The van der Waals surface area contributed by atoms with Crippen molar-refractivity contribution in [1.82, 2.24) is 26.3 Å². The molecule has 0 saturated heterocycles. The lowest BCUT2D eigenvalue weighted by atomic mass is 9.89. The summed E-state index contributed by atoms with van der Waals surface area (Å²) in [4.78, 5) is 17.5. The largest absolute Gasteiger partial charge is 0.424 e. The molecule has 37 heavy (non-hydrogen) atoms. The zero-order valence-corrected chi connectivity index (χ0v) is 22.9. The van der Waals surface area contributed by atoms with E-state index in [4.69, 9.17) is 30.8 Å². The van der Waals surface area contributed by atoms with Crippen LogP contribution in [-0.2, 0) is 27.4 Å². The molecule has 3 aliphatic rings. The predicted molar refractivity (Wildman–Crippen MR) is 144 cm³/mol. The number of hydrogen-bond acceptors (Lipinski definition) is 9. The van der Waals surface area contributed by atoms with Crippen molar-refractivity contribution in [2.45, 2.75) is 95.0 Å². The smallest absolute Gasteiger partial charge is 0.313 e. The van der Waals surface area contributed by atoms with Gasteiger partial charge in [-0.2, -0.15) is 0 Å². The SMILES string of the molecule is COCCOCCC(=O)Oc1cc(Cl)c2nc1CN[C@@H]1CCCC[C@H]1NCCN[C@@H]1CCCC[C@H]1NC2. The van der Waals surface area contributed by atoms with Gasteiger partial charge in [0.05, 0.1) is 42.7 Å². The van der Waals surface area contributed by atoms with Crippen LogP contribution >= 0.6 is 11.6 Å². The monoisotopic (exact) mass is 537 g/mol. The van der Waals surface area contributed by atoms with Crippen molar-refractivity contribution in [2.75, 3.05) is 40.0 Å². The first-order valence-corrected chi connectivity index (χ1v) is 14.4. The Hall–Kier alpha value is -1.33. The minimum absolute atomic E-state index is 0.155. The molecular weight excluding hydrogens is 494 g/mol. The Morgan fingerprint density at radius 2 is 1.43 bits per heavy atom. The summed E-state index contributed by atoms with van der Waals surface area (Å²) in [7, 11) is 1.62. The van der Waals surface area contributed by atoms with E-state index < -0.39 is 0 Å². The van der Waals surface area contributed by atoms with Gasteiger partial charge in [-0.1, -0.05) is 37.3 Å². The number of nitrogens with one attached hydrogen (secondary N) is 4. The molecule has 4 N–H and O–H groups in total. The molecule has 0 unspecified atom stereocenters. The summed E-state index contributed by atoms with van der Waals surface area (Å²) in [6, 6.07) is 3.35. The molecule has 1 aromatic heterocycles. The van der Waals surface area contributed by atoms with Gasteiger partial charge in [-0.25, -0.2) is 4.98 Å². The second-order valence-electron chi connectivity index (χ2n) is 10.4. The molecule has 0 radical (unpaired) electrons. The maximum atomic E-state index is 12.6. The van der Waals surface area contributed by atoms with E-state index in [0.717, 1.165) is 38.0 Å². The van der Waals surface area contributed by atoms with Gasteiger partial charge in [0.2, 0.25) is 0 Å². The third-order valence-corrected chi connectivity index (χ3v) is 8.05. The van der Waals surface area contributed by atoms with Crippen LogP contribution in [-0.4, -0.2) is 75.1 Å². The van der Waals surface area contributed by atoms with Crippen molar-refractivity contribution < 1.29 is 19.0 Å². The highest BCUT2D eigenvalue weighted by atomic mass is 35.5. The lowest BCUT2D eigenvalue weighted by molar-refractivity contribution is -0.135. The van der Waals surface area contributed by atoms with Crippen LogP contribution in [0.1, 0.15) is 69.2 Å². The maximum Gasteiger partial charge on any atom is 0.313 e. The minimum atomic E-state index is -0.360. The number of pyridine rings is 1. The molecule has 4 atom stereocenters. The summed E-state index contributed by atoms with van der Waals surface area (Å²) in [5.74, 6) is 0.0617. The van der Waals surface area contributed by atoms with Crippen molar-refractivity contribution in [1.29, 1.82) is 0 Å². The first-order chi connectivity index (χ1) is 18.1. The fourth-order valence-electron chi connectivity index (χ4n) is 5.68. The van der Waals surface area contributed by atoms with Crippen LogP contribution in [0.15, 0.2) is 6.07 Å². The lowest BCUT2D eigenvalue weighted by Gasteiger charge is -2.34. The van der Waals surface area contributed by atoms with Gasteiger partial charge in [-0.15, -0.1) is 0 Å². The van der Waals surface area contributed by atoms with E-state index in [0.29, 0.717) is 66.9 Å². The quantitative estimate of drug-likeness (QED) is 0.308. The molecule has 1 aromatic rings. The number of methoxy groups -OCH3 is 1. The highest BCUT2D eigenvalue weighted by Gasteiger charge is 2.28. The van der Waals surface area contributed by atoms with Gasteiger partial charge in [-0.05, 0) is 25.7 Å². The Balaban J connectivity index is 1.49. The Morgan fingerprint density at radius 1 is 0.865 bits per heavy atom. The normalized spacial score (nSPS) is 27.3. The molecular formula is C27H44ClN5O4. The first kappa shape index (κ1) is 28.7. The number of ether oxygens (including phenoxy) is 3. The van der Waals surface area contributed by atoms with Crippen molar-refractivity contribution in [2.24, 2.45) is 0 Å². The fourth-order valence-corrected chi connectivity index (χ4v) is 5.88. The van der Waals surface area contributed by atoms with Gasteiger partial charge in [0.1, 0.15) is 0 Å². The molecule has 0 spiro atoms. The van der Waals surface area contributed by atoms with Gasteiger partial charge in [0.15, 0.2) is 5.75 Å². The van der Waals surface area contributed by atoms with Crippen molar-refractivity contribution in [3.05, 3.63) is 22.5 Å². The number of halogens is 1. The third-order valence-electron chi connectivity index (χ3n) is 7.73. The van der Waals surface area contributed by atoms with Crippen LogP contribution in [0.4, 0.5) is 0 Å². The fraction of sp³-hybridized carbons (Fsp3) is 0.778. The molecule has 2 heterocycles. The van der Waals surface area contributed by atoms with E-state index in [1.807, 2.05) is 0 Å². The van der Waals surface area contributed by atoms with Crippen molar-refractivity contribution >= 4 is 17.6 Å². The molecule has 2 fully saturated rings. The molecule has 0 aromatic carbocycles. The second-order valence-corrected chi connectivity index (χ2v) is 10.8. The summed E-state index contributed by atoms with van der Waals surface area (Å²) in [5, 5.41) is 15.5. The van der Waals surface area contributed by atoms with Gasteiger partial charge < -0.3 is 35.5 Å². The molecule has 2 bridgehead atoms. The molecule has 2 saturated carbocycles.